The summed E-state index contributed by atoms with van der Waals surface area (Å²) < 4.78 is 22.7. The quantitative estimate of drug-likeness (QED) is 0.109. The molecule has 0 saturated carbocycles. The van der Waals surface area contributed by atoms with Crippen molar-refractivity contribution in [2.24, 2.45) is 0 Å². The average molecular weight is 858 g/mol. The van der Waals surface area contributed by atoms with E-state index in [1.54, 1.807) is 12.4 Å². The van der Waals surface area contributed by atoms with E-state index in [2.05, 4.69) is 30.6 Å². The van der Waals surface area contributed by atoms with Crippen molar-refractivity contribution in [2.75, 3.05) is 0 Å². The largest absolute Gasteiger partial charge is 0.494 e. The van der Waals surface area contributed by atoms with E-state index < -0.39 is 23.4 Å². The molecule has 0 aliphatic carbocycles. The number of rotatable bonds is 6. The van der Waals surface area contributed by atoms with Crippen LogP contribution in [0, 0.1) is 27.7 Å². The van der Waals surface area contributed by atoms with Crippen LogP contribution in [0.4, 0.5) is 9.59 Å². The predicted molar refractivity (Wildman–Crippen MR) is 232 cm³/mol. The third kappa shape index (κ3) is 15.0. The molecular formula is C42H56BCl3N6O6. The van der Waals surface area contributed by atoms with Gasteiger partial charge in [-0.3, -0.25) is 0 Å². The van der Waals surface area contributed by atoms with E-state index in [-0.39, 0.29) is 28.9 Å². The SMILES string of the molecule is Cc1cc(-c2nc(Cl)ncc2C)ccc1CNC(=O)OC(C)(C)C.Cc1cc(B2OC(C)(C)C(C)(C)O2)ccc1CNC(=O)OC(C)(C)C.Cc1cnc(Cl)nc1Cl. The van der Waals surface area contributed by atoms with Gasteiger partial charge in [-0.1, -0.05) is 41.9 Å². The van der Waals surface area contributed by atoms with Crippen LogP contribution in [-0.2, 0) is 31.9 Å². The van der Waals surface area contributed by atoms with E-state index in [1.165, 1.54) is 0 Å². The minimum atomic E-state index is -0.507. The third-order valence-corrected chi connectivity index (χ3v) is 9.72. The summed E-state index contributed by atoms with van der Waals surface area (Å²) in [7, 11) is -0.378. The maximum Gasteiger partial charge on any atom is 0.494 e. The number of halogens is 3. The lowest BCUT2D eigenvalue weighted by Gasteiger charge is -2.32. The van der Waals surface area contributed by atoms with Crippen molar-refractivity contribution in [1.29, 1.82) is 0 Å². The number of aromatic nitrogens is 4. The molecule has 12 nitrogen and oxygen atoms in total. The van der Waals surface area contributed by atoms with Crippen molar-refractivity contribution in [3.05, 3.63) is 97.9 Å². The van der Waals surface area contributed by atoms with Crippen LogP contribution in [0.2, 0.25) is 15.7 Å². The number of benzene rings is 2. The van der Waals surface area contributed by atoms with Crippen molar-refractivity contribution in [3.8, 4) is 11.3 Å². The minimum Gasteiger partial charge on any atom is -0.444 e. The van der Waals surface area contributed by atoms with Gasteiger partial charge in [0.2, 0.25) is 10.6 Å². The molecule has 1 aliphatic heterocycles. The van der Waals surface area contributed by atoms with Gasteiger partial charge in [-0.25, -0.2) is 29.5 Å². The first-order chi connectivity index (χ1) is 26.7. The van der Waals surface area contributed by atoms with Crippen molar-refractivity contribution in [1.82, 2.24) is 30.6 Å². The van der Waals surface area contributed by atoms with E-state index in [0.29, 0.717) is 18.2 Å². The molecule has 0 spiro atoms. The highest BCUT2D eigenvalue weighted by Gasteiger charge is 2.51. The molecule has 4 aromatic rings. The van der Waals surface area contributed by atoms with Crippen LogP contribution >= 0.6 is 34.8 Å². The normalized spacial score (nSPS) is 14.3. The Bertz CT molecular complexity index is 2050. The predicted octanol–water partition coefficient (Wildman–Crippen LogP) is 9.85. The zero-order valence-electron chi connectivity index (χ0n) is 36.0. The zero-order chi connectivity index (χ0) is 43.8. The Morgan fingerprint density at radius 3 is 1.55 bits per heavy atom. The number of carbonyl (C=O) groups excluding carboxylic acids is 2. The molecular weight excluding hydrogens is 802 g/mol. The second-order valence-electron chi connectivity index (χ2n) is 16.9. The molecule has 314 valence electrons. The average Bonchev–Trinajstić information content (AvgIpc) is 3.31. The van der Waals surface area contributed by atoms with Crippen LogP contribution in [0.15, 0.2) is 48.8 Å². The van der Waals surface area contributed by atoms with Crippen LogP contribution in [0.1, 0.15) is 103 Å². The molecule has 2 N–H and O–H groups in total. The summed E-state index contributed by atoms with van der Waals surface area (Å²) in [6, 6.07) is 12.0. The number of carbonyl (C=O) groups is 2. The summed E-state index contributed by atoms with van der Waals surface area (Å²) in [6.45, 7) is 27.8. The lowest BCUT2D eigenvalue weighted by molar-refractivity contribution is 0.00578. The number of nitrogens with zero attached hydrogens (tertiary/aromatic N) is 4. The van der Waals surface area contributed by atoms with Gasteiger partial charge in [0.05, 0.1) is 16.9 Å². The summed E-state index contributed by atoms with van der Waals surface area (Å²) in [4.78, 5) is 39.2. The lowest BCUT2D eigenvalue weighted by atomic mass is 9.78. The number of aryl methyl sites for hydroxylation is 4. The van der Waals surface area contributed by atoms with Crippen molar-refractivity contribution < 1.29 is 28.4 Å². The van der Waals surface area contributed by atoms with Crippen molar-refractivity contribution >= 4 is 59.6 Å². The standard InChI is InChI=1S/C19H30BNO4.C18H22ClN3O2.C5H4Cl2N2/c1-13-11-15(20-24-18(5,6)19(7,8)25-20)10-9-14(13)12-21-16(22)23-17(2,3)4;1-11-8-13(15-12(2)9-20-16(19)22-15)6-7-14(11)10-21-17(23)24-18(3,4)5;1-3-2-8-5(7)9-4(3)6/h9-11H,12H2,1-8H3,(H,21,22);6-9H,10H2,1-5H3,(H,21,23);2H,1H3. The number of hydrogen-bond donors (Lipinski definition) is 2. The molecule has 5 rings (SSSR count). The minimum absolute atomic E-state index is 0.186. The molecule has 0 unspecified atom stereocenters. The molecule has 2 aromatic heterocycles. The van der Waals surface area contributed by atoms with Crippen LogP contribution in [0.5, 0.6) is 0 Å². The molecule has 1 fully saturated rings. The maximum absolute atomic E-state index is 11.8. The van der Waals surface area contributed by atoms with Crippen molar-refractivity contribution in [3.63, 3.8) is 0 Å². The topological polar surface area (TPSA) is 147 Å². The number of ether oxygens (including phenoxy) is 2. The van der Waals surface area contributed by atoms with Gasteiger partial charge in [-0.05, 0) is 159 Å². The summed E-state index contributed by atoms with van der Waals surface area (Å²) in [5, 5.41) is 6.38. The summed E-state index contributed by atoms with van der Waals surface area (Å²) in [5.74, 6) is 0. The molecule has 2 aromatic carbocycles. The second kappa shape index (κ2) is 19.8. The fourth-order valence-electron chi connectivity index (χ4n) is 5.16. The Kier molecular flexibility index (Phi) is 16.5. The van der Waals surface area contributed by atoms with Crippen LogP contribution in [-0.4, -0.2) is 61.6 Å². The van der Waals surface area contributed by atoms with E-state index in [4.69, 9.17) is 53.6 Å². The molecule has 0 radical (unpaired) electrons. The van der Waals surface area contributed by atoms with Gasteiger partial charge in [0.1, 0.15) is 16.4 Å². The Morgan fingerprint density at radius 2 is 1.12 bits per heavy atom. The first-order valence-corrected chi connectivity index (χ1v) is 19.9. The van der Waals surface area contributed by atoms with Gasteiger partial charge in [-0.15, -0.1) is 0 Å². The van der Waals surface area contributed by atoms with Crippen LogP contribution in [0.25, 0.3) is 11.3 Å². The first kappa shape index (κ1) is 48.4. The highest BCUT2D eigenvalue weighted by atomic mass is 35.5. The third-order valence-electron chi connectivity index (χ3n) is 8.98. The van der Waals surface area contributed by atoms with Crippen LogP contribution in [0.3, 0.4) is 0 Å². The van der Waals surface area contributed by atoms with E-state index in [1.807, 2.05) is 133 Å². The molecule has 2 amide bonds. The van der Waals surface area contributed by atoms with Gasteiger partial charge in [-0.2, -0.15) is 0 Å². The molecule has 1 aliphatic rings. The number of alkyl carbamates (subject to hydrolysis) is 2. The van der Waals surface area contributed by atoms with Gasteiger partial charge in [0.25, 0.3) is 0 Å². The molecule has 0 atom stereocenters. The van der Waals surface area contributed by atoms with Gasteiger partial charge in [0, 0.05) is 36.6 Å². The molecule has 58 heavy (non-hydrogen) atoms. The van der Waals surface area contributed by atoms with E-state index in [0.717, 1.165) is 50.1 Å². The van der Waals surface area contributed by atoms with E-state index in [9.17, 15) is 9.59 Å². The Morgan fingerprint density at radius 1 is 0.672 bits per heavy atom. The lowest BCUT2D eigenvalue weighted by Crippen LogP contribution is -2.41. The van der Waals surface area contributed by atoms with Gasteiger partial charge in [0.15, 0.2) is 0 Å². The monoisotopic (exact) mass is 856 g/mol. The molecule has 3 heterocycles. The number of nitrogens with one attached hydrogen (secondary N) is 2. The Balaban J connectivity index is 0.000000256. The van der Waals surface area contributed by atoms with Gasteiger partial charge < -0.3 is 29.4 Å². The van der Waals surface area contributed by atoms with E-state index >= 15 is 0 Å². The highest BCUT2D eigenvalue weighted by Crippen LogP contribution is 2.36. The summed E-state index contributed by atoms with van der Waals surface area (Å²) in [6.07, 6.45) is 2.45. The Labute approximate surface area is 358 Å². The smallest absolute Gasteiger partial charge is 0.444 e. The fraction of sp³-hybridized carbons (Fsp3) is 0.476. The number of amides is 2. The fourth-order valence-corrected chi connectivity index (χ4v) is 5.60. The summed E-state index contributed by atoms with van der Waals surface area (Å²) in [5.41, 5.74) is 7.00. The molecule has 16 heteroatoms. The zero-order valence-corrected chi connectivity index (χ0v) is 38.3. The number of hydrogen-bond acceptors (Lipinski definition) is 10. The van der Waals surface area contributed by atoms with Gasteiger partial charge >= 0.3 is 19.3 Å². The van der Waals surface area contributed by atoms with Crippen molar-refractivity contribution in [2.45, 2.75) is 132 Å². The molecule has 0 bridgehead atoms. The highest BCUT2D eigenvalue weighted by molar-refractivity contribution is 6.62. The summed E-state index contributed by atoms with van der Waals surface area (Å²) >= 11 is 16.9. The Hall–Kier alpha value is -4.01. The maximum atomic E-state index is 11.8. The van der Waals surface area contributed by atoms with Crippen LogP contribution < -0.4 is 16.1 Å². The second-order valence-corrected chi connectivity index (χ2v) is 17.9. The first-order valence-electron chi connectivity index (χ1n) is 18.8. The molecule has 1 saturated heterocycles.